The Balaban J connectivity index is 1.81. The summed E-state index contributed by atoms with van der Waals surface area (Å²) in [5, 5.41) is 2.97. The minimum atomic E-state index is 0.0395. The lowest BCUT2D eigenvalue weighted by molar-refractivity contribution is -0.131. The Morgan fingerprint density at radius 3 is 2.79 bits per heavy atom. The van der Waals surface area contributed by atoms with E-state index in [4.69, 9.17) is 0 Å². The third-order valence-corrected chi connectivity index (χ3v) is 5.04. The minimum absolute atomic E-state index is 0.0395. The second kappa shape index (κ2) is 6.84. The molecule has 0 aliphatic carbocycles. The van der Waals surface area contributed by atoms with Crippen molar-refractivity contribution in [1.82, 2.24) is 19.9 Å². The van der Waals surface area contributed by atoms with Gasteiger partial charge >= 0.3 is 0 Å². The normalized spacial score (nSPS) is 17.3. The molecule has 0 aromatic carbocycles. The van der Waals surface area contributed by atoms with Gasteiger partial charge in [-0.2, -0.15) is 0 Å². The maximum Gasteiger partial charge on any atom is 0.229 e. The highest BCUT2D eigenvalue weighted by Crippen LogP contribution is 2.32. The van der Waals surface area contributed by atoms with Crippen LogP contribution in [0.5, 0.6) is 0 Å². The molecule has 1 aliphatic rings. The van der Waals surface area contributed by atoms with E-state index in [1.807, 2.05) is 49.2 Å². The fourth-order valence-corrected chi connectivity index (χ4v) is 3.71. The lowest BCUT2D eigenvalue weighted by Gasteiger charge is -2.25. The Hall–Kier alpha value is -2.02. The van der Waals surface area contributed by atoms with Crippen molar-refractivity contribution in [3.05, 3.63) is 33.7 Å². The second-order valence-corrected chi connectivity index (χ2v) is 7.43. The Kier molecular flexibility index (Phi) is 4.80. The van der Waals surface area contributed by atoms with Crippen LogP contribution >= 0.6 is 11.3 Å². The molecule has 24 heavy (non-hydrogen) atoms. The van der Waals surface area contributed by atoms with Gasteiger partial charge in [-0.15, -0.1) is 11.3 Å². The molecule has 0 radical (unpaired) electrons. The molecule has 6 nitrogen and oxygen atoms in total. The van der Waals surface area contributed by atoms with Crippen LogP contribution < -0.4 is 4.90 Å². The van der Waals surface area contributed by atoms with E-state index in [-0.39, 0.29) is 11.9 Å². The molecule has 1 saturated heterocycles. The average Bonchev–Trinajstić information content (AvgIpc) is 3.15. The first-order valence-electron chi connectivity index (χ1n) is 8.17. The van der Waals surface area contributed by atoms with Crippen LogP contribution in [0, 0.1) is 13.8 Å². The number of likely N-dealkylation sites (tertiary alicyclic amines) is 1. The van der Waals surface area contributed by atoms with Crippen molar-refractivity contribution in [3.63, 3.8) is 0 Å². The minimum Gasteiger partial charge on any atom is -0.363 e. The zero-order valence-corrected chi connectivity index (χ0v) is 15.4. The van der Waals surface area contributed by atoms with Crippen LogP contribution in [0.1, 0.15) is 41.1 Å². The van der Waals surface area contributed by atoms with E-state index in [1.165, 1.54) is 0 Å². The molecule has 0 N–H and O–H groups in total. The molecule has 3 heterocycles. The Morgan fingerprint density at radius 2 is 2.12 bits per heavy atom. The topological polar surface area (TPSA) is 62.2 Å². The van der Waals surface area contributed by atoms with Crippen LogP contribution in [-0.2, 0) is 11.2 Å². The van der Waals surface area contributed by atoms with E-state index < -0.39 is 0 Å². The zero-order valence-electron chi connectivity index (χ0n) is 14.6. The monoisotopic (exact) mass is 345 g/mol. The lowest BCUT2D eigenvalue weighted by Crippen LogP contribution is -2.32. The molecule has 0 bridgehead atoms. The molecule has 2 aromatic rings. The summed E-state index contributed by atoms with van der Waals surface area (Å²) in [5.74, 6) is 1.75. The van der Waals surface area contributed by atoms with E-state index >= 15 is 0 Å². The molecule has 0 saturated carbocycles. The maximum atomic E-state index is 12.7. The fraction of sp³-hybridized carbons (Fsp3) is 0.529. The summed E-state index contributed by atoms with van der Waals surface area (Å²) in [6.07, 6.45) is 2.32. The quantitative estimate of drug-likeness (QED) is 0.852. The molecule has 7 heteroatoms. The van der Waals surface area contributed by atoms with Crippen molar-refractivity contribution in [2.24, 2.45) is 0 Å². The van der Waals surface area contributed by atoms with E-state index in [9.17, 15) is 4.79 Å². The van der Waals surface area contributed by atoms with Crippen molar-refractivity contribution < 1.29 is 4.79 Å². The first kappa shape index (κ1) is 16.8. The molecule has 128 valence electrons. The van der Waals surface area contributed by atoms with Gasteiger partial charge in [-0.1, -0.05) is 0 Å². The highest BCUT2D eigenvalue weighted by Gasteiger charge is 2.31. The van der Waals surface area contributed by atoms with E-state index in [1.54, 1.807) is 11.3 Å². The number of rotatable bonds is 4. The van der Waals surface area contributed by atoms with Crippen molar-refractivity contribution in [1.29, 1.82) is 0 Å². The van der Waals surface area contributed by atoms with Gasteiger partial charge in [0.2, 0.25) is 5.91 Å². The molecule has 3 rings (SSSR count). The number of aromatic nitrogens is 3. The SMILES string of the molecule is Cc1nc([C@H]2CCCN2C(=O)Cc2csc(C)n2)cc(N(C)C)n1. The summed E-state index contributed by atoms with van der Waals surface area (Å²) in [6.45, 7) is 4.65. The van der Waals surface area contributed by atoms with Crippen molar-refractivity contribution in [2.45, 2.75) is 39.2 Å². The molecule has 1 atom stereocenters. The van der Waals surface area contributed by atoms with Crippen LogP contribution in [0.25, 0.3) is 0 Å². The molecular formula is C17H23N5OS. The predicted octanol–water partition coefficient (Wildman–Crippen LogP) is 2.52. The summed E-state index contributed by atoms with van der Waals surface area (Å²) < 4.78 is 0. The summed E-state index contributed by atoms with van der Waals surface area (Å²) in [4.78, 5) is 30.1. The van der Waals surface area contributed by atoms with Gasteiger partial charge in [0.05, 0.1) is 28.9 Å². The summed E-state index contributed by atoms with van der Waals surface area (Å²) in [6, 6.07) is 2.04. The number of aryl methyl sites for hydroxylation is 2. The fourth-order valence-electron chi connectivity index (χ4n) is 3.09. The Morgan fingerprint density at radius 1 is 1.33 bits per heavy atom. The van der Waals surface area contributed by atoms with Crippen LogP contribution in [0.3, 0.4) is 0 Å². The van der Waals surface area contributed by atoms with Crippen molar-refractivity contribution >= 4 is 23.1 Å². The smallest absolute Gasteiger partial charge is 0.229 e. The molecule has 1 amide bonds. The number of carbonyl (C=O) groups excluding carboxylic acids is 1. The van der Waals surface area contributed by atoms with E-state index in [2.05, 4.69) is 15.0 Å². The molecular weight excluding hydrogens is 322 g/mol. The van der Waals surface area contributed by atoms with Gasteiger partial charge in [-0.3, -0.25) is 4.79 Å². The second-order valence-electron chi connectivity index (χ2n) is 6.37. The van der Waals surface area contributed by atoms with Crippen molar-refractivity contribution in [3.8, 4) is 0 Å². The average molecular weight is 345 g/mol. The van der Waals surface area contributed by atoms with Gasteiger partial charge < -0.3 is 9.80 Å². The highest BCUT2D eigenvalue weighted by molar-refractivity contribution is 7.09. The zero-order chi connectivity index (χ0) is 17.3. The van der Waals surface area contributed by atoms with Gasteiger partial charge in [-0.25, -0.2) is 15.0 Å². The number of hydrogen-bond donors (Lipinski definition) is 0. The molecule has 1 fully saturated rings. The number of hydrogen-bond acceptors (Lipinski definition) is 6. The first-order chi connectivity index (χ1) is 11.4. The molecule has 1 aliphatic heterocycles. The van der Waals surface area contributed by atoms with Crippen LogP contribution in [-0.4, -0.2) is 46.4 Å². The van der Waals surface area contributed by atoms with Crippen LogP contribution in [0.2, 0.25) is 0 Å². The van der Waals surface area contributed by atoms with Gasteiger partial charge in [0.1, 0.15) is 11.6 Å². The number of anilines is 1. The molecule has 2 aromatic heterocycles. The Bertz CT molecular complexity index is 742. The third-order valence-electron chi connectivity index (χ3n) is 4.22. The van der Waals surface area contributed by atoms with Gasteiger partial charge in [0, 0.05) is 32.1 Å². The maximum absolute atomic E-state index is 12.7. The standard InChI is InChI=1S/C17H23N5OS/c1-11-18-14(9-16(19-11)21(3)4)15-6-5-7-22(15)17(23)8-13-10-24-12(2)20-13/h9-10,15H,5-8H2,1-4H3/t15-/m1/s1. The number of nitrogens with zero attached hydrogens (tertiary/aromatic N) is 5. The largest absolute Gasteiger partial charge is 0.363 e. The summed E-state index contributed by atoms with van der Waals surface area (Å²) >= 11 is 1.59. The third kappa shape index (κ3) is 3.56. The highest BCUT2D eigenvalue weighted by atomic mass is 32.1. The van der Waals surface area contributed by atoms with Gasteiger partial charge in [0.25, 0.3) is 0 Å². The van der Waals surface area contributed by atoms with E-state index in [0.717, 1.165) is 47.4 Å². The molecule has 0 unspecified atom stereocenters. The number of amides is 1. The molecule has 0 spiro atoms. The van der Waals surface area contributed by atoms with Crippen molar-refractivity contribution in [2.75, 3.05) is 25.5 Å². The van der Waals surface area contributed by atoms with Gasteiger partial charge in [0.15, 0.2) is 0 Å². The van der Waals surface area contributed by atoms with Gasteiger partial charge in [-0.05, 0) is 26.7 Å². The number of thiazole rings is 1. The number of carbonyl (C=O) groups is 1. The van der Waals surface area contributed by atoms with Crippen LogP contribution in [0.15, 0.2) is 11.4 Å². The van der Waals surface area contributed by atoms with E-state index in [0.29, 0.717) is 6.42 Å². The lowest BCUT2D eigenvalue weighted by atomic mass is 10.1. The summed E-state index contributed by atoms with van der Waals surface area (Å²) in [7, 11) is 3.93. The first-order valence-corrected chi connectivity index (χ1v) is 9.05. The predicted molar refractivity (Wildman–Crippen MR) is 95.3 cm³/mol. The summed E-state index contributed by atoms with van der Waals surface area (Å²) in [5.41, 5.74) is 1.80. The van der Waals surface area contributed by atoms with Crippen LogP contribution in [0.4, 0.5) is 5.82 Å². The Labute approximate surface area is 146 Å².